The summed E-state index contributed by atoms with van der Waals surface area (Å²) in [6.07, 6.45) is 0. The fourth-order valence-electron chi connectivity index (χ4n) is 2.61. The summed E-state index contributed by atoms with van der Waals surface area (Å²) in [5, 5.41) is 4.57. The van der Waals surface area contributed by atoms with Crippen LogP contribution < -0.4 is 5.32 Å². The number of halogens is 1. The van der Waals surface area contributed by atoms with Gasteiger partial charge >= 0.3 is 0 Å². The van der Waals surface area contributed by atoms with Crippen molar-refractivity contribution in [2.45, 2.75) is 13.0 Å². The Morgan fingerprint density at radius 1 is 0.952 bits per heavy atom. The molecule has 0 saturated heterocycles. The van der Waals surface area contributed by atoms with Crippen LogP contribution in [0.15, 0.2) is 59.1 Å². The van der Waals surface area contributed by atoms with Crippen LogP contribution in [0.4, 0.5) is 0 Å². The Balaban J connectivity index is 2.04. The van der Waals surface area contributed by atoms with Gasteiger partial charge in [-0.05, 0) is 55.4 Å². The van der Waals surface area contributed by atoms with Crippen molar-refractivity contribution in [2.75, 3.05) is 7.05 Å². The van der Waals surface area contributed by atoms with Crippen molar-refractivity contribution >= 4 is 26.8 Å². The second-order valence-electron chi connectivity index (χ2n) is 5.18. The minimum atomic E-state index is 0.184. The van der Waals surface area contributed by atoms with E-state index in [0.29, 0.717) is 0 Å². The minimum Gasteiger partial charge on any atom is -0.309 e. The highest BCUT2D eigenvalue weighted by Gasteiger charge is 2.12. The molecule has 1 atom stereocenters. The van der Waals surface area contributed by atoms with Crippen molar-refractivity contribution in [2.24, 2.45) is 0 Å². The van der Waals surface area contributed by atoms with Gasteiger partial charge in [0.1, 0.15) is 0 Å². The third kappa shape index (κ3) is 2.99. The smallest absolute Gasteiger partial charge is 0.0705 e. The van der Waals surface area contributed by atoms with Crippen LogP contribution >= 0.6 is 15.9 Å². The van der Waals surface area contributed by atoms with Gasteiger partial charge in [0.05, 0.1) is 11.6 Å². The Hall–Kier alpha value is -1.71. The lowest BCUT2D eigenvalue weighted by Gasteiger charge is -2.18. The summed E-state index contributed by atoms with van der Waals surface area (Å²) < 4.78 is 1.10. The maximum Gasteiger partial charge on any atom is 0.0705 e. The van der Waals surface area contributed by atoms with Crippen molar-refractivity contribution < 1.29 is 0 Å². The molecule has 3 rings (SSSR count). The summed E-state index contributed by atoms with van der Waals surface area (Å²) in [5.41, 5.74) is 4.59. The molecule has 106 valence electrons. The second-order valence-corrected chi connectivity index (χ2v) is 6.09. The first-order valence-corrected chi connectivity index (χ1v) is 7.77. The summed E-state index contributed by atoms with van der Waals surface area (Å²) >= 11 is 3.48. The molecule has 0 aliphatic heterocycles. The number of nitrogens with zero attached hydrogens (tertiary/aromatic N) is 1. The molecule has 1 unspecified atom stereocenters. The van der Waals surface area contributed by atoms with E-state index in [-0.39, 0.29) is 6.04 Å². The Labute approximate surface area is 133 Å². The fourth-order valence-corrected chi connectivity index (χ4v) is 2.87. The molecule has 0 spiro atoms. The van der Waals surface area contributed by atoms with Crippen molar-refractivity contribution in [3.63, 3.8) is 0 Å². The van der Waals surface area contributed by atoms with Gasteiger partial charge in [-0.1, -0.05) is 40.2 Å². The van der Waals surface area contributed by atoms with Crippen LogP contribution in [-0.4, -0.2) is 12.0 Å². The van der Waals surface area contributed by atoms with Gasteiger partial charge in [-0.25, -0.2) is 0 Å². The number of nitrogens with one attached hydrogen (secondary N) is 1. The van der Waals surface area contributed by atoms with Gasteiger partial charge < -0.3 is 5.32 Å². The number of aromatic nitrogens is 1. The van der Waals surface area contributed by atoms with Gasteiger partial charge in [0, 0.05) is 15.6 Å². The lowest BCUT2D eigenvalue weighted by molar-refractivity contribution is 0.692. The molecule has 2 nitrogen and oxygen atoms in total. The van der Waals surface area contributed by atoms with Gasteiger partial charge in [-0.15, -0.1) is 0 Å². The first-order valence-electron chi connectivity index (χ1n) is 6.97. The average Bonchev–Trinajstić information content (AvgIpc) is 2.50. The standard InChI is InChI=1S/C18H17BrN2/c1-12-3-4-14-11-15(7-10-17(14)21-12)18(20-2)13-5-8-16(19)9-6-13/h3-11,18,20H,1-2H3. The van der Waals surface area contributed by atoms with E-state index in [2.05, 4.69) is 80.8 Å². The highest BCUT2D eigenvalue weighted by Crippen LogP contribution is 2.26. The van der Waals surface area contributed by atoms with E-state index in [1.165, 1.54) is 16.5 Å². The highest BCUT2D eigenvalue weighted by molar-refractivity contribution is 9.10. The molecule has 1 heterocycles. The molecular weight excluding hydrogens is 324 g/mol. The normalized spacial score (nSPS) is 12.5. The lowest BCUT2D eigenvalue weighted by Crippen LogP contribution is -2.17. The lowest BCUT2D eigenvalue weighted by atomic mass is 9.97. The molecule has 0 fully saturated rings. The van der Waals surface area contributed by atoms with Crippen LogP contribution in [0.2, 0.25) is 0 Å². The molecule has 0 saturated carbocycles. The molecule has 1 N–H and O–H groups in total. The van der Waals surface area contributed by atoms with E-state index >= 15 is 0 Å². The van der Waals surface area contributed by atoms with Crippen LogP contribution in [0, 0.1) is 6.92 Å². The Bertz CT molecular complexity index is 766. The number of rotatable bonds is 3. The van der Waals surface area contributed by atoms with Crippen LogP contribution in [0.3, 0.4) is 0 Å². The van der Waals surface area contributed by atoms with E-state index in [1.807, 2.05) is 14.0 Å². The minimum absolute atomic E-state index is 0.184. The molecule has 21 heavy (non-hydrogen) atoms. The van der Waals surface area contributed by atoms with E-state index in [0.717, 1.165) is 15.7 Å². The summed E-state index contributed by atoms with van der Waals surface area (Å²) in [4.78, 5) is 4.56. The maximum atomic E-state index is 4.56. The van der Waals surface area contributed by atoms with Crippen LogP contribution in [0.1, 0.15) is 22.9 Å². The highest BCUT2D eigenvalue weighted by atomic mass is 79.9. The largest absolute Gasteiger partial charge is 0.309 e. The fraction of sp³-hybridized carbons (Fsp3) is 0.167. The van der Waals surface area contributed by atoms with Gasteiger partial charge in [-0.3, -0.25) is 4.98 Å². The Morgan fingerprint density at radius 3 is 2.38 bits per heavy atom. The quantitative estimate of drug-likeness (QED) is 0.752. The van der Waals surface area contributed by atoms with E-state index in [9.17, 15) is 0 Å². The van der Waals surface area contributed by atoms with Crippen LogP contribution in [-0.2, 0) is 0 Å². The molecule has 0 bridgehead atoms. The third-order valence-electron chi connectivity index (χ3n) is 3.68. The van der Waals surface area contributed by atoms with Crippen molar-refractivity contribution in [3.8, 4) is 0 Å². The summed E-state index contributed by atoms with van der Waals surface area (Å²) in [6.45, 7) is 2.02. The van der Waals surface area contributed by atoms with Gasteiger partial charge in [0.25, 0.3) is 0 Å². The number of fused-ring (bicyclic) bond motifs is 1. The SMILES string of the molecule is CNC(c1ccc(Br)cc1)c1ccc2nc(C)ccc2c1. The number of hydrogen-bond donors (Lipinski definition) is 1. The van der Waals surface area contributed by atoms with Crippen molar-refractivity contribution in [3.05, 3.63) is 75.9 Å². The van der Waals surface area contributed by atoms with Crippen LogP contribution in [0.5, 0.6) is 0 Å². The second kappa shape index (κ2) is 5.96. The van der Waals surface area contributed by atoms with E-state index in [4.69, 9.17) is 0 Å². The molecule has 0 amide bonds. The molecule has 0 aliphatic carbocycles. The average molecular weight is 341 g/mol. The first kappa shape index (κ1) is 14.2. The van der Waals surface area contributed by atoms with Crippen molar-refractivity contribution in [1.29, 1.82) is 0 Å². The summed E-state index contributed by atoms with van der Waals surface area (Å²) in [5.74, 6) is 0. The third-order valence-corrected chi connectivity index (χ3v) is 4.21. The number of hydrogen-bond acceptors (Lipinski definition) is 2. The van der Waals surface area contributed by atoms with Gasteiger partial charge in [-0.2, -0.15) is 0 Å². The van der Waals surface area contributed by atoms with E-state index in [1.54, 1.807) is 0 Å². The zero-order chi connectivity index (χ0) is 14.8. The number of aryl methyl sites for hydroxylation is 1. The molecule has 0 aliphatic rings. The maximum absolute atomic E-state index is 4.56. The zero-order valence-corrected chi connectivity index (χ0v) is 13.7. The van der Waals surface area contributed by atoms with E-state index < -0.39 is 0 Å². The molecule has 1 aromatic heterocycles. The monoisotopic (exact) mass is 340 g/mol. The van der Waals surface area contributed by atoms with Gasteiger partial charge in [0.2, 0.25) is 0 Å². The Morgan fingerprint density at radius 2 is 1.67 bits per heavy atom. The molecule has 3 heteroatoms. The molecule has 0 radical (unpaired) electrons. The predicted molar refractivity (Wildman–Crippen MR) is 91.5 cm³/mol. The zero-order valence-electron chi connectivity index (χ0n) is 12.1. The summed E-state index contributed by atoms with van der Waals surface area (Å²) in [7, 11) is 1.99. The molecule has 2 aromatic carbocycles. The van der Waals surface area contributed by atoms with Crippen LogP contribution in [0.25, 0.3) is 10.9 Å². The first-order chi connectivity index (χ1) is 10.2. The topological polar surface area (TPSA) is 24.9 Å². The van der Waals surface area contributed by atoms with Crippen molar-refractivity contribution in [1.82, 2.24) is 10.3 Å². The Kier molecular flexibility index (Phi) is 4.04. The van der Waals surface area contributed by atoms with Gasteiger partial charge in [0.15, 0.2) is 0 Å². The predicted octanol–water partition coefficient (Wildman–Crippen LogP) is 4.61. The number of pyridine rings is 1. The number of benzene rings is 2. The molecule has 3 aromatic rings. The molecular formula is C18H17BrN2. The summed E-state index contributed by atoms with van der Waals surface area (Å²) in [6, 6.07) is 19.3.